The van der Waals surface area contributed by atoms with E-state index >= 15 is 0 Å². The average molecular weight is 486 g/mol. The molecule has 0 aliphatic carbocycles. The van der Waals surface area contributed by atoms with Crippen molar-refractivity contribution in [2.45, 2.75) is 28.6 Å². The number of hydrogen-bond acceptors (Lipinski definition) is 6. The Morgan fingerprint density at radius 2 is 1.88 bits per heavy atom. The lowest BCUT2D eigenvalue weighted by molar-refractivity contribution is -0.141. The number of nitrogens with zero attached hydrogens (tertiary/aromatic N) is 2. The van der Waals surface area contributed by atoms with Gasteiger partial charge in [0.2, 0.25) is 10.0 Å². The molecule has 1 aliphatic heterocycles. The van der Waals surface area contributed by atoms with Gasteiger partial charge in [-0.05, 0) is 43.3 Å². The van der Waals surface area contributed by atoms with E-state index in [4.69, 9.17) is 14.6 Å². The number of hydrogen-bond donors (Lipinski definition) is 1. The van der Waals surface area contributed by atoms with Gasteiger partial charge >= 0.3 is 6.18 Å². The van der Waals surface area contributed by atoms with E-state index in [0.29, 0.717) is 23.7 Å². The summed E-state index contributed by atoms with van der Waals surface area (Å²) in [5.41, 5.74) is 0.0754. The van der Waals surface area contributed by atoms with Crippen molar-refractivity contribution in [3.8, 4) is 28.4 Å². The Morgan fingerprint density at radius 3 is 2.44 bits per heavy atom. The molecule has 2 aromatic carbocycles. The molecule has 0 bridgehead atoms. The van der Waals surface area contributed by atoms with Crippen LogP contribution in [0.15, 0.2) is 46.2 Å². The first-order chi connectivity index (χ1) is 15.0. The van der Waals surface area contributed by atoms with Gasteiger partial charge < -0.3 is 9.47 Å². The monoisotopic (exact) mass is 485 g/mol. The highest BCUT2D eigenvalue weighted by molar-refractivity contribution is 7.98. The zero-order chi connectivity index (χ0) is 23.3. The maximum atomic E-state index is 13.8. The normalized spacial score (nSPS) is 13.4. The van der Waals surface area contributed by atoms with Crippen molar-refractivity contribution in [3.05, 3.63) is 47.7 Å². The van der Waals surface area contributed by atoms with Crippen molar-refractivity contribution in [2.24, 2.45) is 5.14 Å². The first-order valence-corrected chi connectivity index (χ1v) is 11.9. The van der Waals surface area contributed by atoms with Gasteiger partial charge in [0.25, 0.3) is 0 Å². The second-order valence-corrected chi connectivity index (χ2v) is 9.42. The summed E-state index contributed by atoms with van der Waals surface area (Å²) in [7, 11) is -2.50. The van der Waals surface area contributed by atoms with Gasteiger partial charge in [0.05, 0.1) is 30.0 Å². The molecule has 32 heavy (non-hydrogen) atoms. The number of thioether (sulfide) groups is 1. The molecule has 0 radical (unpaired) electrons. The number of ether oxygens (including phenoxy) is 2. The minimum absolute atomic E-state index is 0.0386. The number of rotatable bonds is 5. The van der Waals surface area contributed by atoms with Crippen molar-refractivity contribution < 1.29 is 31.1 Å². The van der Waals surface area contributed by atoms with Crippen LogP contribution in [-0.2, 0) is 22.0 Å². The molecule has 0 saturated heterocycles. The fourth-order valence-electron chi connectivity index (χ4n) is 3.48. The maximum absolute atomic E-state index is 13.8. The lowest BCUT2D eigenvalue weighted by atomic mass is 10.0. The van der Waals surface area contributed by atoms with Gasteiger partial charge in [0.15, 0.2) is 17.2 Å². The molecule has 1 aromatic heterocycles. The molecule has 0 atom stereocenters. The topological polar surface area (TPSA) is 96.4 Å². The minimum Gasteiger partial charge on any atom is -0.493 e. The van der Waals surface area contributed by atoms with Crippen molar-refractivity contribution in [2.75, 3.05) is 13.7 Å². The number of benzene rings is 2. The lowest BCUT2D eigenvalue weighted by Gasteiger charge is -2.21. The Hall–Kier alpha value is -2.70. The molecule has 0 unspecified atom stereocenters. The predicted molar refractivity (Wildman–Crippen MR) is 113 cm³/mol. The van der Waals surface area contributed by atoms with Gasteiger partial charge in [-0.15, -0.1) is 11.8 Å². The number of halogens is 3. The molecule has 0 spiro atoms. The Bertz CT molecular complexity index is 1290. The van der Waals surface area contributed by atoms with E-state index in [1.54, 1.807) is 12.1 Å². The summed E-state index contributed by atoms with van der Waals surface area (Å²) in [6, 6.07) is 8.54. The quantitative estimate of drug-likeness (QED) is 0.581. The minimum atomic E-state index is -4.66. The van der Waals surface area contributed by atoms with Crippen molar-refractivity contribution >= 4 is 21.8 Å². The zero-order valence-corrected chi connectivity index (χ0v) is 18.6. The van der Waals surface area contributed by atoms with Crippen LogP contribution in [0.5, 0.6) is 11.5 Å². The molecular weight excluding hydrogens is 467 g/mol. The van der Waals surface area contributed by atoms with Crippen LogP contribution < -0.4 is 14.6 Å². The Kier molecular flexibility index (Phi) is 5.63. The van der Waals surface area contributed by atoms with E-state index in [0.717, 1.165) is 4.90 Å². The van der Waals surface area contributed by atoms with Crippen LogP contribution in [-0.4, -0.2) is 31.9 Å². The van der Waals surface area contributed by atoms with Gasteiger partial charge in [-0.1, -0.05) is 0 Å². The van der Waals surface area contributed by atoms with Gasteiger partial charge in [-0.3, -0.25) is 0 Å². The highest BCUT2D eigenvalue weighted by Gasteiger charge is 2.41. The number of alkyl halides is 3. The van der Waals surface area contributed by atoms with E-state index < -0.39 is 21.9 Å². The van der Waals surface area contributed by atoms with Crippen LogP contribution in [0.3, 0.4) is 0 Å². The third-order valence-electron chi connectivity index (χ3n) is 4.85. The summed E-state index contributed by atoms with van der Waals surface area (Å²) in [6.45, 7) is 2.22. The summed E-state index contributed by atoms with van der Waals surface area (Å²) in [6.07, 6.45) is -4.66. The molecule has 3 aromatic rings. The van der Waals surface area contributed by atoms with Crippen LogP contribution >= 0.6 is 11.8 Å². The summed E-state index contributed by atoms with van der Waals surface area (Å²) < 4.78 is 76.6. The highest BCUT2D eigenvalue weighted by atomic mass is 32.2. The Balaban J connectivity index is 1.96. The van der Waals surface area contributed by atoms with Crippen LogP contribution in [0, 0.1) is 0 Å². The first kappa shape index (κ1) is 22.5. The van der Waals surface area contributed by atoms with Crippen LogP contribution in [0.1, 0.15) is 18.2 Å². The van der Waals surface area contributed by atoms with Crippen molar-refractivity contribution in [1.82, 2.24) is 9.78 Å². The Morgan fingerprint density at radius 1 is 1.19 bits per heavy atom. The number of nitrogens with two attached hydrogens (primary N) is 1. The summed E-state index contributed by atoms with van der Waals surface area (Å²) >= 11 is 1.25. The molecule has 4 rings (SSSR count). The molecule has 2 N–H and O–H groups in total. The van der Waals surface area contributed by atoms with E-state index in [1.165, 1.54) is 47.8 Å². The third kappa shape index (κ3) is 3.93. The second-order valence-electron chi connectivity index (χ2n) is 6.85. The molecular formula is C20H18F3N3O4S2. The van der Waals surface area contributed by atoms with Gasteiger partial charge in [0, 0.05) is 21.8 Å². The SMILES string of the molecule is CCOc1cc2c(cc1OC)-c1c(c(C(F)(F)F)nn1-c1ccc(S(N)(=O)=O)cc1)CS2. The van der Waals surface area contributed by atoms with Crippen LogP contribution in [0.4, 0.5) is 13.2 Å². The number of fused-ring (bicyclic) bond motifs is 3. The predicted octanol–water partition coefficient (Wildman–Crippen LogP) is 4.22. The van der Waals surface area contributed by atoms with Gasteiger partial charge in [0.1, 0.15) is 0 Å². The number of aromatic nitrogens is 2. The number of sulfonamides is 1. The average Bonchev–Trinajstić information content (AvgIpc) is 3.13. The van der Waals surface area contributed by atoms with Crippen molar-refractivity contribution in [3.63, 3.8) is 0 Å². The zero-order valence-electron chi connectivity index (χ0n) is 16.9. The van der Waals surface area contributed by atoms with Crippen LogP contribution in [0.25, 0.3) is 16.9 Å². The van der Waals surface area contributed by atoms with E-state index in [-0.39, 0.29) is 27.6 Å². The summed E-state index contributed by atoms with van der Waals surface area (Å²) in [5, 5.41) is 8.99. The summed E-state index contributed by atoms with van der Waals surface area (Å²) in [4.78, 5) is 0.565. The highest BCUT2D eigenvalue weighted by Crippen LogP contribution is 2.50. The largest absolute Gasteiger partial charge is 0.493 e. The molecule has 0 fully saturated rings. The van der Waals surface area contributed by atoms with Crippen LogP contribution in [0.2, 0.25) is 0 Å². The van der Waals surface area contributed by atoms with Gasteiger partial charge in [-0.2, -0.15) is 18.3 Å². The molecule has 7 nitrogen and oxygen atoms in total. The first-order valence-electron chi connectivity index (χ1n) is 9.35. The Labute approximate surface area is 186 Å². The van der Waals surface area contributed by atoms with E-state index in [9.17, 15) is 21.6 Å². The molecule has 0 amide bonds. The number of primary sulfonamides is 1. The van der Waals surface area contributed by atoms with E-state index in [2.05, 4.69) is 5.10 Å². The van der Waals surface area contributed by atoms with E-state index in [1.807, 2.05) is 6.92 Å². The smallest absolute Gasteiger partial charge is 0.435 e. The second kappa shape index (κ2) is 8.01. The van der Waals surface area contributed by atoms with Gasteiger partial charge in [-0.25, -0.2) is 18.2 Å². The fourth-order valence-corrected chi connectivity index (χ4v) is 5.07. The summed E-state index contributed by atoms with van der Waals surface area (Å²) in [5.74, 6) is 0.930. The lowest BCUT2D eigenvalue weighted by Crippen LogP contribution is -2.12. The standard InChI is InChI=1S/C20H18F3N3O4S2/c1-3-30-16-9-17-13(8-15(16)29-2)18-14(10-31-17)19(20(21,22)23)25-26(18)11-4-6-12(7-5-11)32(24,27)28/h4-9H,3,10H2,1-2H3,(H2,24,27,28). The molecule has 1 aliphatic rings. The number of methoxy groups -OCH3 is 1. The van der Waals surface area contributed by atoms with Crippen molar-refractivity contribution in [1.29, 1.82) is 0 Å². The molecule has 2 heterocycles. The fraction of sp³-hybridized carbons (Fsp3) is 0.250. The molecule has 0 saturated carbocycles. The third-order valence-corrected chi connectivity index (χ3v) is 6.87. The molecule has 12 heteroatoms. The molecule has 170 valence electrons. The maximum Gasteiger partial charge on any atom is 0.435 e.